The summed E-state index contributed by atoms with van der Waals surface area (Å²) in [6.45, 7) is 8.77. The van der Waals surface area contributed by atoms with Crippen molar-refractivity contribution in [1.29, 1.82) is 0 Å². The van der Waals surface area contributed by atoms with Gasteiger partial charge in [-0.2, -0.15) is 0 Å². The largest absolute Gasteiger partial charge is 0.353 e. The Morgan fingerprint density at radius 3 is 2.40 bits per heavy atom. The maximum atomic E-state index is 12.7. The van der Waals surface area contributed by atoms with Crippen molar-refractivity contribution in [2.75, 3.05) is 20.1 Å². The van der Waals surface area contributed by atoms with Gasteiger partial charge in [-0.3, -0.25) is 4.79 Å². The van der Waals surface area contributed by atoms with Gasteiger partial charge < -0.3 is 16.0 Å². The lowest BCUT2D eigenvalue weighted by Gasteiger charge is -2.46. The van der Waals surface area contributed by atoms with Crippen molar-refractivity contribution < 1.29 is 4.79 Å². The molecule has 116 valence electrons. The molecular formula is C16H31N3O. The van der Waals surface area contributed by atoms with Crippen LogP contribution >= 0.6 is 0 Å². The molecule has 1 amide bonds. The zero-order valence-electron chi connectivity index (χ0n) is 13.5. The molecule has 1 saturated carbocycles. The molecule has 1 heterocycles. The first-order valence-corrected chi connectivity index (χ1v) is 8.07. The fourth-order valence-electron chi connectivity index (χ4n) is 3.77. The molecule has 0 spiro atoms. The molecule has 1 aliphatic heterocycles. The Morgan fingerprint density at radius 1 is 1.20 bits per heavy atom. The molecule has 3 unspecified atom stereocenters. The summed E-state index contributed by atoms with van der Waals surface area (Å²) in [7, 11) is 2.14. The number of nitrogens with zero attached hydrogens (tertiary/aromatic N) is 1. The van der Waals surface area contributed by atoms with Gasteiger partial charge in [0.15, 0.2) is 0 Å². The van der Waals surface area contributed by atoms with Gasteiger partial charge in [-0.25, -0.2) is 0 Å². The molecule has 0 aromatic heterocycles. The van der Waals surface area contributed by atoms with Gasteiger partial charge in [-0.15, -0.1) is 0 Å². The first kappa shape index (κ1) is 15.8. The molecule has 0 bridgehead atoms. The highest BCUT2D eigenvalue weighted by molar-refractivity contribution is 5.80. The summed E-state index contributed by atoms with van der Waals surface area (Å²) in [5, 5.41) is 3.29. The topological polar surface area (TPSA) is 58.4 Å². The third-order valence-electron chi connectivity index (χ3n) is 5.88. The van der Waals surface area contributed by atoms with Crippen LogP contribution in [0.4, 0.5) is 0 Å². The molecule has 1 aliphatic carbocycles. The molecule has 4 nitrogen and oxygen atoms in total. The number of likely N-dealkylation sites (tertiary alicyclic amines) is 1. The minimum atomic E-state index is -0.00674. The monoisotopic (exact) mass is 281 g/mol. The molecule has 2 aliphatic rings. The van der Waals surface area contributed by atoms with E-state index in [9.17, 15) is 4.79 Å². The number of amides is 1. The zero-order chi connectivity index (χ0) is 14.9. The van der Waals surface area contributed by atoms with Gasteiger partial charge in [-0.05, 0) is 57.2 Å². The first-order chi connectivity index (χ1) is 9.32. The third-order valence-corrected chi connectivity index (χ3v) is 5.88. The lowest BCUT2D eigenvalue weighted by Crippen LogP contribution is -2.53. The number of rotatable bonds is 2. The number of piperidine rings is 1. The van der Waals surface area contributed by atoms with E-state index in [1.165, 1.54) is 0 Å². The van der Waals surface area contributed by atoms with Crippen molar-refractivity contribution in [3.63, 3.8) is 0 Å². The van der Waals surface area contributed by atoms with E-state index in [1.54, 1.807) is 0 Å². The maximum absolute atomic E-state index is 12.7. The lowest BCUT2D eigenvalue weighted by atomic mass is 9.61. The zero-order valence-corrected chi connectivity index (χ0v) is 13.5. The third kappa shape index (κ3) is 3.17. The number of hydrogen-bond donors (Lipinski definition) is 2. The number of hydrogen-bond acceptors (Lipinski definition) is 3. The van der Waals surface area contributed by atoms with Crippen LogP contribution in [0.1, 0.15) is 46.5 Å². The second-order valence-corrected chi connectivity index (χ2v) is 7.49. The van der Waals surface area contributed by atoms with Crippen molar-refractivity contribution in [2.24, 2.45) is 23.0 Å². The van der Waals surface area contributed by atoms with Gasteiger partial charge in [0.05, 0.1) is 0 Å². The molecule has 0 aromatic rings. The van der Waals surface area contributed by atoms with Gasteiger partial charge in [0.2, 0.25) is 5.91 Å². The van der Waals surface area contributed by atoms with Gasteiger partial charge in [0.1, 0.15) is 0 Å². The lowest BCUT2D eigenvalue weighted by molar-refractivity contribution is -0.133. The normalized spacial score (nSPS) is 35.8. The molecule has 20 heavy (non-hydrogen) atoms. The van der Waals surface area contributed by atoms with Crippen LogP contribution in [-0.4, -0.2) is 43.0 Å². The van der Waals surface area contributed by atoms with Crippen molar-refractivity contribution in [1.82, 2.24) is 10.2 Å². The van der Waals surface area contributed by atoms with Crippen LogP contribution in [0, 0.1) is 17.3 Å². The number of nitrogens with one attached hydrogen (secondary N) is 1. The smallest absolute Gasteiger partial charge is 0.223 e. The molecule has 3 atom stereocenters. The van der Waals surface area contributed by atoms with E-state index in [1.807, 2.05) is 0 Å². The van der Waals surface area contributed by atoms with E-state index in [4.69, 9.17) is 5.73 Å². The summed E-state index contributed by atoms with van der Waals surface area (Å²) >= 11 is 0. The van der Waals surface area contributed by atoms with Crippen LogP contribution in [0.2, 0.25) is 0 Å². The average molecular weight is 281 g/mol. The Morgan fingerprint density at radius 2 is 1.80 bits per heavy atom. The summed E-state index contributed by atoms with van der Waals surface area (Å²) in [5.41, 5.74) is 6.17. The van der Waals surface area contributed by atoms with E-state index < -0.39 is 0 Å². The minimum absolute atomic E-state index is 0.00674. The van der Waals surface area contributed by atoms with Crippen LogP contribution in [-0.2, 0) is 4.79 Å². The van der Waals surface area contributed by atoms with Crippen LogP contribution < -0.4 is 11.1 Å². The predicted molar refractivity (Wildman–Crippen MR) is 82.3 cm³/mol. The van der Waals surface area contributed by atoms with Gasteiger partial charge in [0.25, 0.3) is 0 Å². The van der Waals surface area contributed by atoms with Crippen molar-refractivity contribution in [2.45, 2.75) is 58.5 Å². The number of nitrogens with two attached hydrogens (primary N) is 1. The molecule has 4 heteroatoms. The van der Waals surface area contributed by atoms with Crippen LogP contribution in [0.3, 0.4) is 0 Å². The Kier molecular flexibility index (Phi) is 4.75. The van der Waals surface area contributed by atoms with Crippen LogP contribution in [0.5, 0.6) is 0 Å². The van der Waals surface area contributed by atoms with Crippen LogP contribution in [0.15, 0.2) is 0 Å². The van der Waals surface area contributed by atoms with Crippen molar-refractivity contribution in [3.05, 3.63) is 0 Å². The Hall–Kier alpha value is -0.610. The quantitative estimate of drug-likeness (QED) is 0.808. The summed E-state index contributed by atoms with van der Waals surface area (Å²) < 4.78 is 0. The van der Waals surface area contributed by atoms with Crippen molar-refractivity contribution in [3.8, 4) is 0 Å². The van der Waals surface area contributed by atoms with Crippen LogP contribution in [0.25, 0.3) is 0 Å². The molecular weight excluding hydrogens is 250 g/mol. The highest BCUT2D eigenvalue weighted by Crippen LogP contribution is 2.44. The first-order valence-electron chi connectivity index (χ1n) is 8.07. The van der Waals surface area contributed by atoms with Gasteiger partial charge >= 0.3 is 0 Å². The number of carbonyl (C=O) groups is 1. The van der Waals surface area contributed by atoms with E-state index in [0.29, 0.717) is 12.0 Å². The van der Waals surface area contributed by atoms with Gasteiger partial charge in [-0.1, -0.05) is 20.8 Å². The highest BCUT2D eigenvalue weighted by Gasteiger charge is 2.45. The van der Waals surface area contributed by atoms with E-state index in [-0.39, 0.29) is 23.3 Å². The molecule has 1 saturated heterocycles. The highest BCUT2D eigenvalue weighted by atomic mass is 16.2. The SMILES string of the molecule is CC1C(N)CCC(C(=O)NC2CCN(C)CC2)C1(C)C. The number of carbonyl (C=O) groups excluding carboxylic acids is 1. The molecule has 0 radical (unpaired) electrons. The second-order valence-electron chi connectivity index (χ2n) is 7.49. The average Bonchev–Trinajstić information content (AvgIpc) is 2.38. The summed E-state index contributed by atoms with van der Waals surface area (Å²) in [4.78, 5) is 15.0. The Bertz CT molecular complexity index is 348. The fraction of sp³-hybridized carbons (Fsp3) is 0.938. The van der Waals surface area contributed by atoms with E-state index in [2.05, 4.69) is 38.0 Å². The summed E-state index contributed by atoms with van der Waals surface area (Å²) in [6, 6.07) is 0.595. The second kappa shape index (κ2) is 6.02. The Labute approximate surface area is 123 Å². The Balaban J connectivity index is 1.95. The molecule has 2 fully saturated rings. The fourth-order valence-corrected chi connectivity index (χ4v) is 3.77. The summed E-state index contributed by atoms with van der Waals surface area (Å²) in [5.74, 6) is 0.754. The minimum Gasteiger partial charge on any atom is -0.353 e. The molecule has 0 aromatic carbocycles. The maximum Gasteiger partial charge on any atom is 0.223 e. The van der Waals surface area contributed by atoms with E-state index in [0.717, 1.165) is 38.8 Å². The molecule has 3 N–H and O–H groups in total. The predicted octanol–water partition coefficient (Wildman–Crippen LogP) is 1.60. The van der Waals surface area contributed by atoms with Gasteiger partial charge in [0, 0.05) is 18.0 Å². The van der Waals surface area contributed by atoms with E-state index >= 15 is 0 Å². The molecule has 2 rings (SSSR count). The standard InChI is InChI=1S/C16H31N3O/c1-11-14(17)6-5-13(16(11,2)3)15(20)18-12-7-9-19(4)10-8-12/h11-14H,5-10,17H2,1-4H3,(H,18,20). The summed E-state index contributed by atoms with van der Waals surface area (Å²) in [6.07, 6.45) is 4.04. The van der Waals surface area contributed by atoms with Crippen molar-refractivity contribution >= 4 is 5.91 Å².